The van der Waals surface area contributed by atoms with Gasteiger partial charge < -0.3 is 20.1 Å². The molecule has 32 heavy (non-hydrogen) atoms. The molecule has 9 heteroatoms. The summed E-state index contributed by atoms with van der Waals surface area (Å²) in [7, 11) is 1.52. The molecule has 168 valence electrons. The number of imide groups is 1. The molecule has 0 aliphatic carbocycles. The fourth-order valence-electron chi connectivity index (χ4n) is 3.30. The standard InChI is InChI=1S/C23H25N3O6/c1-4-15-5-9-17(10-6-15)24-19(27)14-32-20(28)13-26-21(29)23(2,25-22(26)30)16-7-11-18(31-3)12-8-16/h5-12H,4,13-14H2,1-3H3,(H,24,27)(H,25,30). The van der Waals surface area contributed by atoms with Crippen LogP contribution in [-0.2, 0) is 31.1 Å². The smallest absolute Gasteiger partial charge is 0.326 e. The van der Waals surface area contributed by atoms with Gasteiger partial charge in [-0.15, -0.1) is 0 Å². The first-order valence-electron chi connectivity index (χ1n) is 10.1. The molecule has 1 unspecified atom stereocenters. The minimum atomic E-state index is -1.33. The number of ether oxygens (including phenoxy) is 2. The van der Waals surface area contributed by atoms with Gasteiger partial charge in [0.05, 0.1) is 7.11 Å². The Balaban J connectivity index is 1.55. The predicted octanol–water partition coefficient (Wildman–Crippen LogP) is 2.21. The first-order valence-corrected chi connectivity index (χ1v) is 10.1. The minimum Gasteiger partial charge on any atom is -0.497 e. The normalized spacial score (nSPS) is 17.7. The number of hydrogen-bond acceptors (Lipinski definition) is 6. The van der Waals surface area contributed by atoms with E-state index in [0.29, 0.717) is 17.0 Å². The highest BCUT2D eigenvalue weighted by atomic mass is 16.5. The van der Waals surface area contributed by atoms with Gasteiger partial charge in [0.2, 0.25) is 0 Å². The Morgan fingerprint density at radius 3 is 2.31 bits per heavy atom. The fourth-order valence-corrected chi connectivity index (χ4v) is 3.30. The molecule has 4 amide bonds. The molecule has 0 bridgehead atoms. The third-order valence-corrected chi connectivity index (χ3v) is 5.24. The van der Waals surface area contributed by atoms with Crippen LogP contribution in [0, 0.1) is 0 Å². The summed E-state index contributed by atoms with van der Waals surface area (Å²) < 4.78 is 10.0. The Kier molecular flexibility index (Phi) is 6.77. The van der Waals surface area contributed by atoms with E-state index < -0.39 is 42.5 Å². The summed E-state index contributed by atoms with van der Waals surface area (Å²) in [5.41, 5.74) is 0.921. The van der Waals surface area contributed by atoms with Gasteiger partial charge in [0, 0.05) is 5.69 Å². The first-order chi connectivity index (χ1) is 15.3. The monoisotopic (exact) mass is 439 g/mol. The number of aryl methyl sites for hydroxylation is 1. The molecule has 2 aromatic carbocycles. The summed E-state index contributed by atoms with van der Waals surface area (Å²) in [6.45, 7) is 2.44. The van der Waals surface area contributed by atoms with Crippen LogP contribution in [0.15, 0.2) is 48.5 Å². The highest BCUT2D eigenvalue weighted by Crippen LogP contribution is 2.29. The zero-order valence-electron chi connectivity index (χ0n) is 18.1. The van der Waals surface area contributed by atoms with E-state index in [2.05, 4.69) is 10.6 Å². The molecule has 0 saturated carbocycles. The number of carbonyl (C=O) groups is 4. The van der Waals surface area contributed by atoms with Gasteiger partial charge in [0.25, 0.3) is 11.8 Å². The predicted molar refractivity (Wildman–Crippen MR) is 116 cm³/mol. The van der Waals surface area contributed by atoms with Crippen LogP contribution in [0.4, 0.5) is 10.5 Å². The minimum absolute atomic E-state index is 0.525. The molecule has 1 atom stereocenters. The lowest BCUT2D eigenvalue weighted by Crippen LogP contribution is -2.41. The fraction of sp³-hybridized carbons (Fsp3) is 0.304. The number of benzene rings is 2. The topological polar surface area (TPSA) is 114 Å². The van der Waals surface area contributed by atoms with E-state index in [1.807, 2.05) is 19.1 Å². The lowest BCUT2D eigenvalue weighted by atomic mass is 9.92. The second-order valence-electron chi connectivity index (χ2n) is 7.43. The average Bonchev–Trinajstić information content (AvgIpc) is 3.02. The van der Waals surface area contributed by atoms with Crippen molar-refractivity contribution in [3.63, 3.8) is 0 Å². The Labute approximate surface area is 185 Å². The van der Waals surface area contributed by atoms with Gasteiger partial charge in [-0.25, -0.2) is 4.79 Å². The SMILES string of the molecule is CCc1ccc(NC(=O)COC(=O)CN2C(=O)NC(C)(c3ccc(OC)cc3)C2=O)cc1. The maximum Gasteiger partial charge on any atom is 0.326 e. The van der Waals surface area contributed by atoms with E-state index in [1.165, 1.54) is 7.11 Å². The highest BCUT2D eigenvalue weighted by Gasteiger charge is 2.49. The molecule has 1 aliphatic heterocycles. The van der Waals surface area contributed by atoms with E-state index in [0.717, 1.165) is 16.9 Å². The number of carbonyl (C=O) groups excluding carboxylic acids is 4. The summed E-state index contributed by atoms with van der Waals surface area (Å²) >= 11 is 0. The molecule has 2 N–H and O–H groups in total. The van der Waals surface area contributed by atoms with Crippen LogP contribution in [-0.4, -0.2) is 49.0 Å². The Morgan fingerprint density at radius 1 is 1.06 bits per heavy atom. The lowest BCUT2D eigenvalue weighted by Gasteiger charge is -2.22. The van der Waals surface area contributed by atoms with Crippen LogP contribution < -0.4 is 15.4 Å². The lowest BCUT2D eigenvalue weighted by molar-refractivity contribution is -0.150. The molecular weight excluding hydrogens is 414 g/mol. The van der Waals surface area contributed by atoms with E-state index in [-0.39, 0.29) is 0 Å². The maximum absolute atomic E-state index is 12.9. The summed E-state index contributed by atoms with van der Waals surface area (Å²) in [6.07, 6.45) is 0.881. The van der Waals surface area contributed by atoms with Gasteiger partial charge >= 0.3 is 12.0 Å². The molecule has 2 aromatic rings. The Morgan fingerprint density at radius 2 is 1.72 bits per heavy atom. The molecule has 0 spiro atoms. The van der Waals surface area contributed by atoms with Crippen molar-refractivity contribution in [2.45, 2.75) is 25.8 Å². The number of nitrogens with one attached hydrogen (secondary N) is 2. The van der Waals surface area contributed by atoms with Crippen LogP contribution in [0.25, 0.3) is 0 Å². The largest absolute Gasteiger partial charge is 0.497 e. The molecule has 1 saturated heterocycles. The maximum atomic E-state index is 12.9. The van der Waals surface area contributed by atoms with Crippen LogP contribution in [0.3, 0.4) is 0 Å². The van der Waals surface area contributed by atoms with E-state index in [9.17, 15) is 19.2 Å². The van der Waals surface area contributed by atoms with Crippen molar-refractivity contribution in [2.75, 3.05) is 25.6 Å². The molecule has 0 aromatic heterocycles. The van der Waals surface area contributed by atoms with Crippen molar-refractivity contribution in [2.24, 2.45) is 0 Å². The van der Waals surface area contributed by atoms with Crippen molar-refractivity contribution < 1.29 is 28.7 Å². The number of urea groups is 1. The second kappa shape index (κ2) is 9.51. The third kappa shape index (κ3) is 4.88. The van der Waals surface area contributed by atoms with Gasteiger partial charge in [0.1, 0.15) is 17.8 Å². The first kappa shape index (κ1) is 22.8. The van der Waals surface area contributed by atoms with Crippen LogP contribution >= 0.6 is 0 Å². The summed E-state index contributed by atoms with van der Waals surface area (Å²) in [6, 6.07) is 13.2. The van der Waals surface area contributed by atoms with Crippen molar-refractivity contribution in [3.8, 4) is 5.75 Å². The number of anilines is 1. The number of rotatable bonds is 8. The average molecular weight is 439 g/mol. The van der Waals surface area contributed by atoms with Gasteiger partial charge in [-0.3, -0.25) is 19.3 Å². The number of amides is 4. The van der Waals surface area contributed by atoms with Crippen LogP contribution in [0.5, 0.6) is 5.75 Å². The molecule has 1 fully saturated rings. The van der Waals surface area contributed by atoms with Crippen molar-refractivity contribution in [1.82, 2.24) is 10.2 Å². The van der Waals surface area contributed by atoms with Crippen molar-refractivity contribution >= 4 is 29.5 Å². The van der Waals surface area contributed by atoms with Crippen molar-refractivity contribution in [3.05, 3.63) is 59.7 Å². The van der Waals surface area contributed by atoms with E-state index in [4.69, 9.17) is 9.47 Å². The number of hydrogen-bond donors (Lipinski definition) is 2. The summed E-state index contributed by atoms with van der Waals surface area (Å²) in [5, 5.41) is 5.22. The Hall–Kier alpha value is -3.88. The molecule has 9 nitrogen and oxygen atoms in total. The van der Waals surface area contributed by atoms with Crippen LogP contribution in [0.2, 0.25) is 0 Å². The highest BCUT2D eigenvalue weighted by molar-refractivity contribution is 6.09. The second-order valence-corrected chi connectivity index (χ2v) is 7.43. The van der Waals surface area contributed by atoms with E-state index >= 15 is 0 Å². The van der Waals surface area contributed by atoms with Gasteiger partial charge in [-0.2, -0.15) is 0 Å². The molecule has 0 radical (unpaired) electrons. The molecule has 1 heterocycles. The molecular formula is C23H25N3O6. The summed E-state index contributed by atoms with van der Waals surface area (Å²) in [4.78, 5) is 50.2. The van der Waals surface area contributed by atoms with Crippen LogP contribution in [0.1, 0.15) is 25.0 Å². The molecule has 3 rings (SSSR count). The Bertz CT molecular complexity index is 1020. The number of nitrogens with zero attached hydrogens (tertiary/aromatic N) is 1. The zero-order valence-corrected chi connectivity index (χ0v) is 18.1. The van der Waals surface area contributed by atoms with E-state index in [1.54, 1.807) is 43.3 Å². The van der Waals surface area contributed by atoms with Gasteiger partial charge in [0.15, 0.2) is 6.61 Å². The third-order valence-electron chi connectivity index (χ3n) is 5.24. The summed E-state index contributed by atoms with van der Waals surface area (Å²) in [5.74, 6) is -1.38. The number of methoxy groups -OCH3 is 1. The van der Waals surface area contributed by atoms with Crippen molar-refractivity contribution in [1.29, 1.82) is 0 Å². The van der Waals surface area contributed by atoms with Gasteiger partial charge in [-0.1, -0.05) is 31.2 Å². The zero-order chi connectivity index (χ0) is 23.3. The van der Waals surface area contributed by atoms with Gasteiger partial charge in [-0.05, 0) is 48.7 Å². The number of esters is 1. The molecule has 1 aliphatic rings. The quantitative estimate of drug-likeness (QED) is 0.482.